The van der Waals surface area contributed by atoms with E-state index in [9.17, 15) is 18.4 Å². The van der Waals surface area contributed by atoms with Crippen molar-refractivity contribution in [2.24, 2.45) is 0 Å². The molecule has 0 bridgehead atoms. The molecule has 2 atom stereocenters. The van der Waals surface area contributed by atoms with E-state index in [1.165, 1.54) is 11.6 Å². The lowest BCUT2D eigenvalue weighted by atomic mass is 9.81. The highest BCUT2D eigenvalue weighted by atomic mass is 35.5. The van der Waals surface area contributed by atoms with Gasteiger partial charge in [0, 0.05) is 25.2 Å². The van der Waals surface area contributed by atoms with Crippen LogP contribution in [0, 0.1) is 11.6 Å². The molecular weight excluding hydrogens is 504 g/mol. The Hall–Kier alpha value is -2.91. The number of nitrogens with zero attached hydrogens (tertiary/aromatic N) is 2. The highest BCUT2D eigenvalue weighted by Gasteiger charge is 2.41. The summed E-state index contributed by atoms with van der Waals surface area (Å²) in [5.41, 5.74) is 1.59. The van der Waals surface area contributed by atoms with Gasteiger partial charge in [-0.3, -0.25) is 4.90 Å². The first-order chi connectivity index (χ1) is 17.4. The molecule has 5 rings (SSSR count). The van der Waals surface area contributed by atoms with Crippen LogP contribution in [0.2, 0.25) is 0 Å². The van der Waals surface area contributed by atoms with Gasteiger partial charge in [0.15, 0.2) is 11.6 Å². The van der Waals surface area contributed by atoms with Crippen LogP contribution in [0.4, 0.5) is 18.4 Å². The van der Waals surface area contributed by atoms with Crippen molar-refractivity contribution in [1.82, 2.24) is 15.1 Å². The van der Waals surface area contributed by atoms with Crippen molar-refractivity contribution in [3.05, 3.63) is 65.2 Å². The van der Waals surface area contributed by atoms with Gasteiger partial charge in [-0.05, 0) is 67.3 Å². The SMILES string of the molecule is COc1ccccc1[C@H]1CC[C@@H](N2CC[C@@H](NC(=O)N3C(=O)OC[C@@H]3c3ccc(F)c(F)c3)C2)CC1.Cl. The molecule has 1 N–H and O–H groups in total. The molecule has 3 aliphatic rings. The van der Waals surface area contributed by atoms with Crippen molar-refractivity contribution in [2.45, 2.75) is 56.1 Å². The molecule has 3 amide bonds. The number of carbonyl (C=O) groups is 2. The number of likely N-dealkylation sites (tertiary alicyclic amines) is 1. The van der Waals surface area contributed by atoms with Crippen molar-refractivity contribution in [2.75, 3.05) is 26.8 Å². The Morgan fingerprint density at radius 1 is 1.05 bits per heavy atom. The molecule has 1 aliphatic carbocycles. The number of hydrogen-bond donors (Lipinski definition) is 1. The average molecular weight is 536 g/mol. The van der Waals surface area contributed by atoms with Crippen molar-refractivity contribution in [1.29, 1.82) is 0 Å². The number of halogens is 3. The van der Waals surface area contributed by atoms with E-state index in [0.717, 1.165) is 61.4 Å². The fourth-order valence-corrected chi connectivity index (χ4v) is 5.85. The number of amides is 3. The van der Waals surface area contributed by atoms with Crippen molar-refractivity contribution in [3.8, 4) is 5.75 Å². The quantitative estimate of drug-likeness (QED) is 0.555. The topological polar surface area (TPSA) is 71.1 Å². The number of hydrogen-bond acceptors (Lipinski definition) is 5. The van der Waals surface area contributed by atoms with Gasteiger partial charge < -0.3 is 14.8 Å². The van der Waals surface area contributed by atoms with Crippen LogP contribution < -0.4 is 10.1 Å². The first-order valence-corrected chi connectivity index (χ1v) is 12.5. The number of carbonyl (C=O) groups excluding carboxylic acids is 2. The Bertz CT molecular complexity index is 1130. The van der Waals surface area contributed by atoms with E-state index in [-0.39, 0.29) is 25.1 Å². The van der Waals surface area contributed by atoms with E-state index >= 15 is 0 Å². The highest BCUT2D eigenvalue weighted by Crippen LogP contribution is 2.39. The van der Waals surface area contributed by atoms with Gasteiger partial charge in [0.1, 0.15) is 18.4 Å². The van der Waals surface area contributed by atoms with E-state index in [0.29, 0.717) is 24.1 Å². The van der Waals surface area contributed by atoms with Crippen LogP contribution in [-0.4, -0.2) is 60.8 Å². The number of imide groups is 1. The van der Waals surface area contributed by atoms with Gasteiger partial charge in [-0.1, -0.05) is 24.3 Å². The van der Waals surface area contributed by atoms with Crippen LogP contribution in [0.25, 0.3) is 0 Å². The lowest BCUT2D eigenvalue weighted by molar-refractivity contribution is 0.155. The molecule has 10 heteroatoms. The van der Waals surface area contributed by atoms with E-state index in [1.54, 1.807) is 7.11 Å². The zero-order chi connectivity index (χ0) is 25.2. The third kappa shape index (κ3) is 5.67. The number of methoxy groups -OCH3 is 1. The Kier molecular flexibility index (Phi) is 8.54. The van der Waals surface area contributed by atoms with Gasteiger partial charge in [-0.2, -0.15) is 0 Å². The average Bonchev–Trinajstić information content (AvgIpc) is 3.52. The number of cyclic esters (lactones) is 1. The predicted octanol–water partition coefficient (Wildman–Crippen LogP) is 5.40. The predicted molar refractivity (Wildman–Crippen MR) is 136 cm³/mol. The molecule has 0 unspecified atom stereocenters. The Labute approximate surface area is 221 Å². The fraction of sp³-hybridized carbons (Fsp3) is 0.481. The molecule has 7 nitrogen and oxygen atoms in total. The number of urea groups is 1. The van der Waals surface area contributed by atoms with Gasteiger partial charge in [0.2, 0.25) is 0 Å². The standard InChI is InChI=1S/C27H31F2N3O4.ClH/c1-35-25-5-3-2-4-21(25)17-6-9-20(10-7-17)31-13-12-19(15-31)30-26(33)32-24(16-36-27(32)34)18-8-11-22(28)23(29)14-18;/h2-5,8,11,14,17,19-20,24H,6-7,9-10,12-13,15-16H2,1H3,(H,30,33);1H/t17-,19-,20+,24-;/m1./s1. The molecule has 2 saturated heterocycles. The Balaban J connectivity index is 0.00000320. The molecule has 2 aliphatic heterocycles. The van der Waals surface area contributed by atoms with E-state index in [2.05, 4.69) is 22.3 Å². The Morgan fingerprint density at radius 3 is 2.54 bits per heavy atom. The maximum absolute atomic E-state index is 13.7. The molecule has 0 aromatic heterocycles. The molecular formula is C27H32ClF2N3O4. The summed E-state index contributed by atoms with van der Waals surface area (Å²) in [4.78, 5) is 28.7. The molecule has 3 fully saturated rings. The highest BCUT2D eigenvalue weighted by molar-refractivity contribution is 5.92. The zero-order valence-electron chi connectivity index (χ0n) is 20.7. The van der Waals surface area contributed by atoms with Crippen LogP contribution in [0.3, 0.4) is 0 Å². The normalized spacial score (nSPS) is 25.9. The first-order valence-electron chi connectivity index (χ1n) is 12.5. The zero-order valence-corrected chi connectivity index (χ0v) is 21.5. The van der Waals surface area contributed by atoms with Crippen LogP contribution in [0.5, 0.6) is 5.75 Å². The summed E-state index contributed by atoms with van der Waals surface area (Å²) < 4.78 is 37.7. The third-order valence-electron chi connectivity index (χ3n) is 7.76. The molecule has 200 valence electrons. The van der Waals surface area contributed by atoms with Crippen LogP contribution >= 0.6 is 12.4 Å². The fourth-order valence-electron chi connectivity index (χ4n) is 5.85. The second-order valence-electron chi connectivity index (χ2n) is 9.81. The molecule has 0 radical (unpaired) electrons. The van der Waals surface area contributed by atoms with Crippen molar-refractivity contribution >= 4 is 24.5 Å². The molecule has 2 aromatic rings. The maximum Gasteiger partial charge on any atom is 0.418 e. The third-order valence-corrected chi connectivity index (χ3v) is 7.76. The van der Waals surface area contributed by atoms with Crippen molar-refractivity contribution in [3.63, 3.8) is 0 Å². The first kappa shape index (κ1) is 27.1. The number of para-hydroxylation sites is 1. The summed E-state index contributed by atoms with van der Waals surface area (Å²) in [6.45, 7) is 1.50. The summed E-state index contributed by atoms with van der Waals surface area (Å²) in [6.07, 6.45) is 4.35. The summed E-state index contributed by atoms with van der Waals surface area (Å²) in [5, 5.41) is 2.96. The number of benzene rings is 2. The summed E-state index contributed by atoms with van der Waals surface area (Å²) in [5.74, 6) is -0.570. The van der Waals surface area contributed by atoms with Crippen LogP contribution in [-0.2, 0) is 4.74 Å². The van der Waals surface area contributed by atoms with Crippen molar-refractivity contribution < 1.29 is 27.8 Å². The minimum Gasteiger partial charge on any atom is -0.496 e. The lowest BCUT2D eigenvalue weighted by Gasteiger charge is -2.35. The number of rotatable bonds is 5. The monoisotopic (exact) mass is 535 g/mol. The smallest absolute Gasteiger partial charge is 0.418 e. The molecule has 37 heavy (non-hydrogen) atoms. The van der Waals surface area contributed by atoms with Gasteiger partial charge >= 0.3 is 12.1 Å². The summed E-state index contributed by atoms with van der Waals surface area (Å²) >= 11 is 0. The van der Waals surface area contributed by atoms with E-state index in [1.807, 2.05) is 12.1 Å². The van der Waals surface area contributed by atoms with Gasteiger partial charge in [0.25, 0.3) is 0 Å². The summed E-state index contributed by atoms with van der Waals surface area (Å²) in [7, 11) is 1.71. The molecule has 1 saturated carbocycles. The van der Waals surface area contributed by atoms with Gasteiger partial charge in [-0.15, -0.1) is 12.4 Å². The Morgan fingerprint density at radius 2 is 1.81 bits per heavy atom. The second kappa shape index (κ2) is 11.6. The van der Waals surface area contributed by atoms with Gasteiger partial charge in [0.05, 0.1) is 7.11 Å². The molecule has 0 spiro atoms. The largest absolute Gasteiger partial charge is 0.496 e. The minimum absolute atomic E-state index is 0. The van der Waals surface area contributed by atoms with Crippen LogP contribution in [0.1, 0.15) is 55.2 Å². The van der Waals surface area contributed by atoms with Gasteiger partial charge in [-0.25, -0.2) is 23.3 Å². The van der Waals surface area contributed by atoms with Crippen LogP contribution in [0.15, 0.2) is 42.5 Å². The van der Waals surface area contributed by atoms with E-state index in [4.69, 9.17) is 9.47 Å². The minimum atomic E-state index is -1.03. The number of ether oxygens (including phenoxy) is 2. The second-order valence-corrected chi connectivity index (χ2v) is 9.81. The molecule has 2 heterocycles. The summed E-state index contributed by atoms with van der Waals surface area (Å²) in [6, 6.07) is 10.6. The lowest BCUT2D eigenvalue weighted by Crippen LogP contribution is -2.47. The van der Waals surface area contributed by atoms with E-state index < -0.39 is 29.8 Å². The number of nitrogens with one attached hydrogen (secondary N) is 1. The molecule has 2 aromatic carbocycles. The maximum atomic E-state index is 13.7.